The topological polar surface area (TPSA) is 32.8 Å². The van der Waals surface area contributed by atoms with Crippen molar-refractivity contribution in [2.75, 3.05) is 33.3 Å². The Morgan fingerprint density at radius 2 is 1.96 bits per heavy atom. The minimum absolute atomic E-state index is 0.175. The molecule has 2 aromatic rings. The molecule has 0 N–H and O–H groups in total. The first-order chi connectivity index (χ1) is 13.6. The van der Waals surface area contributed by atoms with Crippen molar-refractivity contribution in [1.29, 1.82) is 0 Å². The Morgan fingerprint density at radius 3 is 2.82 bits per heavy atom. The molecule has 2 saturated heterocycles. The zero-order valence-corrected chi connectivity index (χ0v) is 16.7. The maximum atomic E-state index is 13.2. The maximum Gasteiger partial charge on any atom is 0.253 e. The van der Waals surface area contributed by atoms with Gasteiger partial charge >= 0.3 is 0 Å². The predicted molar refractivity (Wildman–Crippen MR) is 110 cm³/mol. The number of benzene rings is 2. The molecule has 0 saturated carbocycles. The van der Waals surface area contributed by atoms with Crippen molar-refractivity contribution < 1.29 is 9.53 Å². The van der Waals surface area contributed by atoms with Crippen molar-refractivity contribution in [3.8, 4) is 5.75 Å². The molecule has 3 heterocycles. The van der Waals surface area contributed by atoms with Crippen LogP contribution in [0.1, 0.15) is 39.5 Å². The van der Waals surface area contributed by atoms with E-state index in [1.54, 1.807) is 0 Å². The van der Waals surface area contributed by atoms with E-state index in [9.17, 15) is 4.79 Å². The standard InChI is InChI=1S/C24H28N2O2/c1-16-6-3-4-8-20(16)23-21-15-26(14-19(21)13-25(23)2)24(27)18-9-10-22-17(12-18)7-5-11-28-22/h3-4,6,8-10,12,19,21,23H,5,7,11,13-15H2,1-2H3/t19-,21+,23+/m0/s1. The molecule has 28 heavy (non-hydrogen) atoms. The molecule has 0 aliphatic carbocycles. The lowest BCUT2D eigenvalue weighted by atomic mass is 9.88. The predicted octanol–water partition coefficient (Wildman–Crippen LogP) is 3.69. The molecule has 0 bridgehead atoms. The number of amides is 1. The van der Waals surface area contributed by atoms with Crippen LogP contribution < -0.4 is 4.74 Å². The van der Waals surface area contributed by atoms with Crippen molar-refractivity contribution >= 4 is 5.91 Å². The molecule has 0 radical (unpaired) electrons. The molecular weight excluding hydrogens is 348 g/mol. The molecule has 2 aromatic carbocycles. The molecule has 0 aromatic heterocycles. The Balaban J connectivity index is 1.37. The van der Waals surface area contributed by atoms with Crippen molar-refractivity contribution in [3.63, 3.8) is 0 Å². The fourth-order valence-corrected chi connectivity index (χ4v) is 5.49. The van der Waals surface area contributed by atoms with Gasteiger partial charge in [0.2, 0.25) is 0 Å². The molecule has 4 nitrogen and oxygen atoms in total. The van der Waals surface area contributed by atoms with E-state index in [2.05, 4.69) is 54.1 Å². The van der Waals surface area contributed by atoms with Crippen LogP contribution in [-0.4, -0.2) is 49.0 Å². The Kier molecular flexibility index (Phi) is 4.39. The van der Waals surface area contributed by atoms with Gasteiger partial charge in [-0.05, 0) is 67.6 Å². The molecule has 3 aliphatic rings. The summed E-state index contributed by atoms with van der Waals surface area (Å²) in [5.74, 6) is 2.19. The first kappa shape index (κ1) is 17.7. The molecular formula is C24H28N2O2. The maximum absolute atomic E-state index is 13.2. The Hall–Kier alpha value is -2.33. The highest BCUT2D eigenvalue weighted by molar-refractivity contribution is 5.95. The van der Waals surface area contributed by atoms with Gasteiger partial charge in [-0.3, -0.25) is 9.69 Å². The quantitative estimate of drug-likeness (QED) is 0.801. The van der Waals surface area contributed by atoms with Crippen LogP contribution in [0.25, 0.3) is 0 Å². The molecule has 3 aliphatic heterocycles. The Labute approximate surface area is 167 Å². The van der Waals surface area contributed by atoms with E-state index in [4.69, 9.17) is 4.74 Å². The number of fused-ring (bicyclic) bond motifs is 2. The van der Waals surface area contributed by atoms with E-state index < -0.39 is 0 Å². The first-order valence-electron chi connectivity index (χ1n) is 10.4. The normalized spacial score (nSPS) is 26.6. The van der Waals surface area contributed by atoms with Crippen LogP contribution in [0.2, 0.25) is 0 Å². The summed E-state index contributed by atoms with van der Waals surface area (Å²) in [6, 6.07) is 15.1. The van der Waals surface area contributed by atoms with E-state index in [1.165, 1.54) is 16.7 Å². The molecule has 1 amide bonds. The minimum atomic E-state index is 0.175. The van der Waals surface area contributed by atoms with Crippen LogP contribution in [0, 0.1) is 18.8 Å². The summed E-state index contributed by atoms with van der Waals surface area (Å²) in [5.41, 5.74) is 4.75. The smallest absolute Gasteiger partial charge is 0.253 e. The number of rotatable bonds is 2. The second-order valence-electron chi connectivity index (χ2n) is 8.65. The largest absolute Gasteiger partial charge is 0.493 e. The SMILES string of the molecule is Cc1ccccc1[C@@H]1[C@@H]2CN(C(=O)c3ccc4c(c3)CCCO4)C[C@@H]2CN1C. The molecule has 2 fully saturated rings. The second-order valence-corrected chi connectivity index (χ2v) is 8.65. The molecule has 4 heteroatoms. The van der Waals surface area contributed by atoms with Crippen LogP contribution >= 0.6 is 0 Å². The van der Waals surface area contributed by atoms with Crippen LogP contribution in [-0.2, 0) is 6.42 Å². The lowest BCUT2D eigenvalue weighted by molar-refractivity contribution is 0.0767. The summed E-state index contributed by atoms with van der Waals surface area (Å²) in [6.45, 7) is 5.75. The van der Waals surface area contributed by atoms with Gasteiger partial charge in [0.15, 0.2) is 0 Å². The van der Waals surface area contributed by atoms with Gasteiger partial charge in [0.05, 0.1) is 6.61 Å². The highest BCUT2D eigenvalue weighted by atomic mass is 16.5. The summed E-state index contributed by atoms with van der Waals surface area (Å²) in [4.78, 5) is 17.8. The number of carbonyl (C=O) groups excluding carboxylic acids is 1. The van der Waals surface area contributed by atoms with Gasteiger partial charge in [0.1, 0.15) is 5.75 Å². The molecule has 0 unspecified atom stereocenters. The number of carbonyl (C=O) groups is 1. The number of likely N-dealkylation sites (tertiary alicyclic amines) is 2. The third kappa shape index (κ3) is 2.91. The number of aryl methyl sites for hydroxylation is 2. The van der Waals surface area contributed by atoms with Crippen molar-refractivity contribution in [2.24, 2.45) is 11.8 Å². The lowest BCUT2D eigenvalue weighted by Crippen LogP contribution is -2.33. The van der Waals surface area contributed by atoms with Gasteiger partial charge in [-0.2, -0.15) is 0 Å². The van der Waals surface area contributed by atoms with Gasteiger partial charge in [0, 0.05) is 37.2 Å². The van der Waals surface area contributed by atoms with Crippen molar-refractivity contribution in [2.45, 2.75) is 25.8 Å². The van der Waals surface area contributed by atoms with Gasteiger partial charge in [0.25, 0.3) is 5.91 Å². The summed E-state index contributed by atoms with van der Waals surface area (Å²) in [6.07, 6.45) is 2.03. The lowest BCUT2D eigenvalue weighted by Gasteiger charge is -2.28. The van der Waals surface area contributed by atoms with Gasteiger partial charge in [-0.25, -0.2) is 0 Å². The van der Waals surface area contributed by atoms with Crippen molar-refractivity contribution in [3.05, 3.63) is 64.7 Å². The van der Waals surface area contributed by atoms with Gasteiger partial charge in [-0.1, -0.05) is 24.3 Å². The van der Waals surface area contributed by atoms with E-state index >= 15 is 0 Å². The first-order valence-corrected chi connectivity index (χ1v) is 10.4. The fraction of sp³-hybridized carbons (Fsp3) is 0.458. The van der Waals surface area contributed by atoms with Crippen molar-refractivity contribution in [1.82, 2.24) is 9.80 Å². The average molecular weight is 377 g/mol. The number of nitrogens with zero attached hydrogens (tertiary/aromatic N) is 2. The molecule has 146 valence electrons. The molecule has 5 rings (SSSR count). The highest BCUT2D eigenvalue weighted by Gasteiger charge is 2.47. The van der Waals surface area contributed by atoms with E-state index in [0.29, 0.717) is 17.9 Å². The summed E-state index contributed by atoms with van der Waals surface area (Å²) in [5, 5.41) is 0. The zero-order valence-electron chi connectivity index (χ0n) is 16.7. The van der Waals surface area contributed by atoms with Crippen LogP contribution in [0.4, 0.5) is 0 Å². The average Bonchev–Trinajstić information content (AvgIpc) is 3.24. The van der Waals surface area contributed by atoms with Gasteiger partial charge < -0.3 is 9.64 Å². The third-order valence-corrected chi connectivity index (χ3v) is 6.84. The number of hydrogen-bond donors (Lipinski definition) is 0. The third-order valence-electron chi connectivity index (χ3n) is 6.84. The summed E-state index contributed by atoms with van der Waals surface area (Å²) < 4.78 is 5.70. The van der Waals surface area contributed by atoms with E-state index in [1.807, 2.05) is 12.1 Å². The number of hydrogen-bond acceptors (Lipinski definition) is 3. The van der Waals surface area contributed by atoms with Crippen LogP contribution in [0.15, 0.2) is 42.5 Å². The summed E-state index contributed by atoms with van der Waals surface area (Å²) >= 11 is 0. The highest BCUT2D eigenvalue weighted by Crippen LogP contribution is 2.45. The van der Waals surface area contributed by atoms with Gasteiger partial charge in [-0.15, -0.1) is 0 Å². The number of ether oxygens (including phenoxy) is 1. The van der Waals surface area contributed by atoms with E-state index in [-0.39, 0.29) is 5.91 Å². The second kappa shape index (κ2) is 6.93. The van der Waals surface area contributed by atoms with E-state index in [0.717, 1.165) is 50.4 Å². The van der Waals surface area contributed by atoms with Crippen LogP contribution in [0.5, 0.6) is 5.75 Å². The monoisotopic (exact) mass is 376 g/mol. The zero-order chi connectivity index (χ0) is 19.3. The summed E-state index contributed by atoms with van der Waals surface area (Å²) in [7, 11) is 2.23. The molecule has 3 atom stereocenters. The Morgan fingerprint density at radius 1 is 1.11 bits per heavy atom. The minimum Gasteiger partial charge on any atom is -0.493 e. The fourth-order valence-electron chi connectivity index (χ4n) is 5.49. The van der Waals surface area contributed by atoms with Crippen LogP contribution in [0.3, 0.4) is 0 Å². The Bertz CT molecular complexity index is 909. The molecule has 0 spiro atoms.